The molecule has 2 aromatic rings. The van der Waals surface area contributed by atoms with E-state index >= 15 is 0 Å². The van der Waals surface area contributed by atoms with Crippen molar-refractivity contribution in [3.8, 4) is 0 Å². The Balaban J connectivity index is 1.78. The van der Waals surface area contributed by atoms with Gasteiger partial charge in [-0.2, -0.15) is 5.10 Å². The second-order valence-corrected chi connectivity index (χ2v) is 4.79. The highest BCUT2D eigenvalue weighted by Gasteiger charge is 2.04. The van der Waals surface area contributed by atoms with Gasteiger partial charge in [0, 0.05) is 13.6 Å². The first-order chi connectivity index (χ1) is 9.16. The van der Waals surface area contributed by atoms with Crippen molar-refractivity contribution in [3.05, 3.63) is 47.8 Å². The molecule has 1 aromatic heterocycles. The van der Waals surface area contributed by atoms with E-state index in [9.17, 15) is 0 Å². The maximum Gasteiger partial charge on any atom is 0.170 e. The summed E-state index contributed by atoms with van der Waals surface area (Å²) in [5.41, 5.74) is 3.31. The van der Waals surface area contributed by atoms with Crippen molar-refractivity contribution in [2.45, 2.75) is 13.3 Å². The minimum Gasteiger partial charge on any atom is -0.362 e. The van der Waals surface area contributed by atoms with Crippen LogP contribution in [-0.2, 0) is 13.5 Å². The van der Waals surface area contributed by atoms with E-state index in [-0.39, 0.29) is 0 Å². The van der Waals surface area contributed by atoms with Crippen LogP contribution in [-0.4, -0.2) is 21.4 Å². The van der Waals surface area contributed by atoms with Gasteiger partial charge in [0.1, 0.15) is 0 Å². The van der Waals surface area contributed by atoms with E-state index in [0.29, 0.717) is 5.11 Å². The monoisotopic (exact) mass is 274 g/mol. The minimum atomic E-state index is 0.632. The molecule has 0 spiro atoms. The lowest BCUT2D eigenvalue weighted by molar-refractivity contribution is 0.740. The standard InChI is InChI=1S/C14H18N4S/c1-11-13(10-16-18(11)2)17-14(19)15-9-8-12-6-4-3-5-7-12/h3-7,10H,8-9H2,1-2H3,(H2,15,17,19). The number of hydrogen-bond acceptors (Lipinski definition) is 2. The summed E-state index contributed by atoms with van der Waals surface area (Å²) in [6.45, 7) is 2.82. The van der Waals surface area contributed by atoms with Crippen molar-refractivity contribution >= 4 is 23.0 Å². The molecule has 0 aliphatic rings. The van der Waals surface area contributed by atoms with E-state index in [1.807, 2.05) is 36.9 Å². The van der Waals surface area contributed by atoms with Gasteiger partial charge >= 0.3 is 0 Å². The lowest BCUT2D eigenvalue weighted by Crippen LogP contribution is -2.30. The molecule has 5 heteroatoms. The fourth-order valence-electron chi connectivity index (χ4n) is 1.75. The van der Waals surface area contributed by atoms with Gasteiger partial charge in [0.2, 0.25) is 0 Å². The first kappa shape index (κ1) is 13.5. The summed E-state index contributed by atoms with van der Waals surface area (Å²) in [7, 11) is 1.91. The third-order valence-electron chi connectivity index (χ3n) is 3.03. The maximum absolute atomic E-state index is 5.26. The average Bonchev–Trinajstić information content (AvgIpc) is 2.72. The second-order valence-electron chi connectivity index (χ2n) is 4.38. The second kappa shape index (κ2) is 6.33. The Bertz CT molecular complexity index is 548. The summed E-state index contributed by atoms with van der Waals surface area (Å²) >= 11 is 5.26. The molecule has 0 aliphatic carbocycles. The highest BCUT2D eigenvalue weighted by atomic mass is 32.1. The Morgan fingerprint density at radius 1 is 1.32 bits per heavy atom. The predicted molar refractivity (Wildman–Crippen MR) is 82.3 cm³/mol. The average molecular weight is 274 g/mol. The number of benzene rings is 1. The van der Waals surface area contributed by atoms with Crippen LogP contribution in [0.3, 0.4) is 0 Å². The molecule has 0 saturated carbocycles. The molecule has 0 fully saturated rings. The first-order valence-electron chi connectivity index (χ1n) is 6.24. The molecule has 0 aliphatic heterocycles. The van der Waals surface area contributed by atoms with Gasteiger partial charge in [-0.05, 0) is 31.1 Å². The topological polar surface area (TPSA) is 41.9 Å². The fourth-order valence-corrected chi connectivity index (χ4v) is 1.96. The summed E-state index contributed by atoms with van der Waals surface area (Å²) in [6, 6.07) is 10.3. The Morgan fingerprint density at radius 2 is 2.05 bits per heavy atom. The van der Waals surface area contributed by atoms with Gasteiger partial charge in [0.25, 0.3) is 0 Å². The van der Waals surface area contributed by atoms with Gasteiger partial charge in [-0.15, -0.1) is 0 Å². The molecule has 4 nitrogen and oxygen atoms in total. The van der Waals surface area contributed by atoms with Crippen molar-refractivity contribution in [1.29, 1.82) is 0 Å². The quantitative estimate of drug-likeness (QED) is 0.839. The van der Waals surface area contributed by atoms with Gasteiger partial charge < -0.3 is 10.6 Å². The Kier molecular flexibility index (Phi) is 4.52. The van der Waals surface area contributed by atoms with Crippen LogP contribution in [0.2, 0.25) is 0 Å². The minimum absolute atomic E-state index is 0.632. The number of thiocarbonyl (C=S) groups is 1. The molecule has 0 atom stereocenters. The smallest absolute Gasteiger partial charge is 0.170 e. The molecule has 1 heterocycles. The zero-order valence-corrected chi connectivity index (χ0v) is 12.0. The molecule has 0 unspecified atom stereocenters. The van der Waals surface area contributed by atoms with Gasteiger partial charge in [0.05, 0.1) is 17.6 Å². The van der Waals surface area contributed by atoms with Crippen LogP contribution in [0.1, 0.15) is 11.3 Å². The maximum atomic E-state index is 5.26. The van der Waals surface area contributed by atoms with E-state index in [0.717, 1.165) is 24.3 Å². The largest absolute Gasteiger partial charge is 0.362 e. The number of rotatable bonds is 4. The molecule has 100 valence electrons. The molecular weight excluding hydrogens is 256 g/mol. The molecule has 0 saturated heterocycles. The SMILES string of the molecule is Cc1c(NC(=S)NCCc2ccccc2)cnn1C. The van der Waals surface area contributed by atoms with E-state index in [1.54, 1.807) is 6.20 Å². The van der Waals surface area contributed by atoms with Crippen molar-refractivity contribution in [2.24, 2.45) is 7.05 Å². The lowest BCUT2D eigenvalue weighted by Gasteiger charge is -2.10. The van der Waals surface area contributed by atoms with Crippen LogP contribution in [0, 0.1) is 6.92 Å². The van der Waals surface area contributed by atoms with Gasteiger partial charge in [-0.25, -0.2) is 0 Å². The molecule has 19 heavy (non-hydrogen) atoms. The zero-order valence-electron chi connectivity index (χ0n) is 11.2. The Morgan fingerprint density at radius 3 is 2.68 bits per heavy atom. The summed E-state index contributed by atoms with van der Waals surface area (Å²) in [5, 5.41) is 11.1. The van der Waals surface area contributed by atoms with Crippen LogP contribution in [0.25, 0.3) is 0 Å². The highest BCUT2D eigenvalue weighted by Crippen LogP contribution is 2.11. The van der Waals surface area contributed by atoms with Gasteiger partial charge in [-0.1, -0.05) is 30.3 Å². The zero-order chi connectivity index (χ0) is 13.7. The summed E-state index contributed by atoms with van der Waals surface area (Å²) in [5.74, 6) is 0. The Labute approximate surface area is 118 Å². The van der Waals surface area contributed by atoms with Crippen molar-refractivity contribution in [1.82, 2.24) is 15.1 Å². The van der Waals surface area contributed by atoms with Crippen LogP contribution in [0.15, 0.2) is 36.5 Å². The highest BCUT2D eigenvalue weighted by molar-refractivity contribution is 7.80. The molecule has 0 amide bonds. The number of aryl methyl sites for hydroxylation is 1. The molecule has 0 radical (unpaired) electrons. The molecule has 2 rings (SSSR count). The van der Waals surface area contributed by atoms with E-state index in [2.05, 4.69) is 27.9 Å². The van der Waals surface area contributed by atoms with E-state index in [4.69, 9.17) is 12.2 Å². The normalized spacial score (nSPS) is 10.2. The van der Waals surface area contributed by atoms with Crippen LogP contribution >= 0.6 is 12.2 Å². The molecule has 2 N–H and O–H groups in total. The van der Waals surface area contributed by atoms with Crippen LogP contribution in [0.5, 0.6) is 0 Å². The number of hydrogen-bond donors (Lipinski definition) is 2. The summed E-state index contributed by atoms with van der Waals surface area (Å²) in [4.78, 5) is 0. The third-order valence-corrected chi connectivity index (χ3v) is 3.27. The van der Waals surface area contributed by atoms with Crippen molar-refractivity contribution in [3.63, 3.8) is 0 Å². The number of nitrogens with one attached hydrogen (secondary N) is 2. The van der Waals surface area contributed by atoms with E-state index < -0.39 is 0 Å². The first-order valence-corrected chi connectivity index (χ1v) is 6.65. The predicted octanol–water partition coefficient (Wildman–Crippen LogP) is 2.26. The fraction of sp³-hybridized carbons (Fsp3) is 0.286. The van der Waals surface area contributed by atoms with Crippen molar-refractivity contribution < 1.29 is 0 Å². The van der Waals surface area contributed by atoms with Crippen LogP contribution in [0.4, 0.5) is 5.69 Å². The Hall–Kier alpha value is -1.88. The number of anilines is 1. The van der Waals surface area contributed by atoms with Gasteiger partial charge in [0.15, 0.2) is 5.11 Å². The third kappa shape index (κ3) is 3.79. The van der Waals surface area contributed by atoms with Gasteiger partial charge in [-0.3, -0.25) is 4.68 Å². The van der Waals surface area contributed by atoms with Crippen molar-refractivity contribution in [2.75, 3.05) is 11.9 Å². The number of nitrogens with zero attached hydrogens (tertiary/aromatic N) is 2. The summed E-state index contributed by atoms with van der Waals surface area (Å²) in [6.07, 6.45) is 2.73. The van der Waals surface area contributed by atoms with Crippen LogP contribution < -0.4 is 10.6 Å². The summed E-state index contributed by atoms with van der Waals surface area (Å²) < 4.78 is 1.81. The van der Waals surface area contributed by atoms with E-state index in [1.165, 1.54) is 5.56 Å². The number of aromatic nitrogens is 2. The molecule has 0 bridgehead atoms. The lowest BCUT2D eigenvalue weighted by atomic mass is 10.1. The molecule has 1 aromatic carbocycles. The molecular formula is C14H18N4S.